The van der Waals surface area contributed by atoms with Gasteiger partial charge in [0.05, 0.1) is 17.1 Å². The lowest BCUT2D eigenvalue weighted by molar-refractivity contribution is -0.136. The number of hydrogen-bond donors (Lipinski definition) is 1. The number of likely N-dealkylation sites (N-methyl/N-ethyl adjacent to an activating group) is 1. The molecule has 0 spiro atoms. The van der Waals surface area contributed by atoms with Gasteiger partial charge in [0.25, 0.3) is 0 Å². The molecule has 106 valence electrons. The van der Waals surface area contributed by atoms with Crippen LogP contribution in [0.5, 0.6) is 0 Å². The third kappa shape index (κ3) is 5.68. The van der Waals surface area contributed by atoms with Crippen molar-refractivity contribution < 1.29 is 9.90 Å². The van der Waals surface area contributed by atoms with Crippen LogP contribution >= 0.6 is 23.2 Å². The summed E-state index contributed by atoms with van der Waals surface area (Å²) in [7, 11) is 3.93. The zero-order chi connectivity index (χ0) is 14.4. The van der Waals surface area contributed by atoms with Gasteiger partial charge in [0, 0.05) is 24.7 Å². The summed E-state index contributed by atoms with van der Waals surface area (Å²) in [6.07, 6.45) is 0.0657. The van der Waals surface area contributed by atoms with E-state index in [2.05, 4.69) is 0 Å². The van der Waals surface area contributed by atoms with Gasteiger partial charge in [-0.15, -0.1) is 0 Å². The number of carboxylic acid groups (broad SMARTS) is 1. The van der Waals surface area contributed by atoms with Crippen molar-refractivity contribution in [1.29, 1.82) is 0 Å². The highest BCUT2D eigenvalue weighted by Gasteiger charge is 2.13. The molecular weight excluding hydrogens is 287 g/mol. The number of rotatable bonds is 7. The topological polar surface area (TPSA) is 43.8 Å². The number of nitrogens with zero attached hydrogens (tertiary/aromatic N) is 2. The second-order valence-electron chi connectivity index (χ2n) is 4.53. The van der Waals surface area contributed by atoms with Gasteiger partial charge in [0.1, 0.15) is 0 Å². The van der Waals surface area contributed by atoms with Crippen molar-refractivity contribution in [2.24, 2.45) is 0 Å². The number of aliphatic carboxylic acids is 1. The molecule has 0 aliphatic heterocycles. The van der Waals surface area contributed by atoms with Gasteiger partial charge in [0.2, 0.25) is 0 Å². The molecule has 0 aromatic heterocycles. The Balaban J connectivity index is 2.86. The van der Waals surface area contributed by atoms with E-state index in [9.17, 15) is 4.79 Å². The molecule has 0 amide bonds. The molecule has 0 heterocycles. The van der Waals surface area contributed by atoms with Crippen molar-refractivity contribution in [2.45, 2.75) is 6.42 Å². The number of anilines is 1. The maximum atomic E-state index is 10.7. The smallest absolute Gasteiger partial charge is 0.305 e. The molecule has 1 aromatic carbocycles. The fourth-order valence-corrected chi connectivity index (χ4v) is 2.04. The molecular formula is C13H18Cl2N2O2. The first-order chi connectivity index (χ1) is 8.90. The normalized spacial score (nSPS) is 10.8. The SMILES string of the molecule is CN(C)CCN(CCC(=O)O)c1cc(Cl)ccc1Cl. The summed E-state index contributed by atoms with van der Waals surface area (Å²) in [5, 5.41) is 9.98. The summed E-state index contributed by atoms with van der Waals surface area (Å²) in [4.78, 5) is 14.7. The molecule has 0 saturated carbocycles. The zero-order valence-corrected chi connectivity index (χ0v) is 12.6. The van der Waals surface area contributed by atoms with Crippen LogP contribution < -0.4 is 4.90 Å². The first-order valence-corrected chi connectivity index (χ1v) is 6.72. The largest absolute Gasteiger partial charge is 0.481 e. The highest BCUT2D eigenvalue weighted by molar-refractivity contribution is 6.35. The van der Waals surface area contributed by atoms with Gasteiger partial charge < -0.3 is 14.9 Å². The molecule has 0 saturated heterocycles. The van der Waals surface area contributed by atoms with Gasteiger partial charge in [-0.1, -0.05) is 23.2 Å². The number of halogens is 2. The van der Waals surface area contributed by atoms with Crippen LogP contribution in [0.25, 0.3) is 0 Å². The molecule has 19 heavy (non-hydrogen) atoms. The Hall–Kier alpha value is -0.970. The first-order valence-electron chi connectivity index (χ1n) is 5.96. The maximum Gasteiger partial charge on any atom is 0.305 e. The highest BCUT2D eigenvalue weighted by Crippen LogP contribution is 2.29. The standard InChI is InChI=1S/C13H18Cl2N2O2/c1-16(2)7-8-17(6-5-13(18)19)12-9-10(14)3-4-11(12)15/h3-4,9H,5-8H2,1-2H3,(H,18,19). The van der Waals surface area contributed by atoms with Crippen molar-refractivity contribution in [1.82, 2.24) is 4.90 Å². The van der Waals surface area contributed by atoms with Crippen LogP contribution in [0.2, 0.25) is 10.0 Å². The quantitative estimate of drug-likeness (QED) is 0.841. The molecule has 1 N–H and O–H groups in total. The summed E-state index contributed by atoms with van der Waals surface area (Å²) in [5.41, 5.74) is 0.775. The van der Waals surface area contributed by atoms with Crippen LogP contribution in [0.15, 0.2) is 18.2 Å². The number of carbonyl (C=O) groups is 1. The minimum atomic E-state index is -0.826. The van der Waals surface area contributed by atoms with Crippen LogP contribution in [-0.2, 0) is 4.79 Å². The summed E-state index contributed by atoms with van der Waals surface area (Å²) < 4.78 is 0. The third-order valence-electron chi connectivity index (χ3n) is 2.66. The van der Waals surface area contributed by atoms with Gasteiger partial charge in [-0.25, -0.2) is 0 Å². The molecule has 0 aliphatic rings. The van der Waals surface area contributed by atoms with Crippen molar-refractivity contribution in [3.05, 3.63) is 28.2 Å². The lowest BCUT2D eigenvalue weighted by Crippen LogP contribution is -2.33. The summed E-state index contributed by atoms with van der Waals surface area (Å²) in [6, 6.07) is 5.21. The van der Waals surface area contributed by atoms with E-state index < -0.39 is 5.97 Å². The summed E-state index contributed by atoms with van der Waals surface area (Å²) in [6.45, 7) is 1.91. The van der Waals surface area contributed by atoms with Gasteiger partial charge in [-0.2, -0.15) is 0 Å². The van der Waals surface area contributed by atoms with Crippen LogP contribution in [-0.4, -0.2) is 49.7 Å². The lowest BCUT2D eigenvalue weighted by Gasteiger charge is -2.27. The van der Waals surface area contributed by atoms with E-state index in [-0.39, 0.29) is 6.42 Å². The molecule has 0 fully saturated rings. The second kappa shape index (κ2) is 7.58. The van der Waals surface area contributed by atoms with E-state index in [1.807, 2.05) is 23.9 Å². The van der Waals surface area contributed by atoms with E-state index in [0.717, 1.165) is 12.2 Å². The van der Waals surface area contributed by atoms with E-state index >= 15 is 0 Å². The molecule has 0 radical (unpaired) electrons. The minimum absolute atomic E-state index is 0.0657. The predicted molar refractivity (Wildman–Crippen MR) is 79.5 cm³/mol. The van der Waals surface area contributed by atoms with Crippen molar-refractivity contribution in [2.75, 3.05) is 38.6 Å². The van der Waals surface area contributed by atoms with Crippen LogP contribution in [0, 0.1) is 0 Å². The van der Waals surface area contributed by atoms with Crippen molar-refractivity contribution >= 4 is 34.9 Å². The summed E-state index contributed by atoms with van der Waals surface area (Å²) >= 11 is 12.1. The lowest BCUT2D eigenvalue weighted by atomic mass is 10.2. The Kier molecular flexibility index (Phi) is 6.42. The average Bonchev–Trinajstić information content (AvgIpc) is 2.32. The fourth-order valence-electron chi connectivity index (χ4n) is 1.63. The van der Waals surface area contributed by atoms with E-state index in [0.29, 0.717) is 23.1 Å². The Morgan fingerprint density at radius 3 is 2.47 bits per heavy atom. The van der Waals surface area contributed by atoms with Crippen molar-refractivity contribution in [3.8, 4) is 0 Å². The van der Waals surface area contributed by atoms with Gasteiger partial charge in [0.15, 0.2) is 0 Å². The van der Waals surface area contributed by atoms with Crippen molar-refractivity contribution in [3.63, 3.8) is 0 Å². The van der Waals surface area contributed by atoms with Crippen LogP contribution in [0.1, 0.15) is 6.42 Å². The Bertz CT molecular complexity index is 439. The maximum absolute atomic E-state index is 10.7. The van der Waals surface area contributed by atoms with E-state index in [1.54, 1.807) is 18.2 Å². The highest BCUT2D eigenvalue weighted by atomic mass is 35.5. The Morgan fingerprint density at radius 1 is 1.21 bits per heavy atom. The molecule has 6 heteroatoms. The number of benzene rings is 1. The molecule has 0 aliphatic carbocycles. The molecule has 1 rings (SSSR count). The monoisotopic (exact) mass is 304 g/mol. The predicted octanol–water partition coefficient (Wildman–Crippen LogP) is 2.84. The number of carboxylic acids is 1. The van der Waals surface area contributed by atoms with Crippen LogP contribution in [0.3, 0.4) is 0 Å². The fraction of sp³-hybridized carbons (Fsp3) is 0.462. The minimum Gasteiger partial charge on any atom is -0.481 e. The molecule has 1 aromatic rings. The number of hydrogen-bond acceptors (Lipinski definition) is 3. The molecule has 0 bridgehead atoms. The second-order valence-corrected chi connectivity index (χ2v) is 5.37. The molecule has 0 unspecified atom stereocenters. The van der Waals surface area contributed by atoms with E-state index in [1.165, 1.54) is 0 Å². The van der Waals surface area contributed by atoms with Gasteiger partial charge >= 0.3 is 5.97 Å². The van der Waals surface area contributed by atoms with Crippen LogP contribution in [0.4, 0.5) is 5.69 Å². The Labute approximate surface area is 123 Å². The van der Waals surface area contributed by atoms with Gasteiger partial charge in [-0.3, -0.25) is 4.79 Å². The first kappa shape index (κ1) is 16.1. The zero-order valence-electron chi connectivity index (χ0n) is 11.1. The third-order valence-corrected chi connectivity index (χ3v) is 3.22. The van der Waals surface area contributed by atoms with E-state index in [4.69, 9.17) is 28.3 Å². The Morgan fingerprint density at radius 2 is 1.89 bits per heavy atom. The molecule has 0 atom stereocenters. The molecule has 4 nitrogen and oxygen atoms in total. The average molecular weight is 305 g/mol. The summed E-state index contributed by atoms with van der Waals surface area (Å²) in [5.74, 6) is -0.826. The van der Waals surface area contributed by atoms with Gasteiger partial charge in [-0.05, 0) is 32.3 Å².